The van der Waals surface area contributed by atoms with Gasteiger partial charge >= 0.3 is 0 Å². The van der Waals surface area contributed by atoms with Gasteiger partial charge in [0, 0.05) is 0 Å². The van der Waals surface area contributed by atoms with Crippen molar-refractivity contribution < 1.29 is 9.15 Å². The first-order valence-corrected chi connectivity index (χ1v) is 9.65. The van der Waals surface area contributed by atoms with E-state index in [1.54, 1.807) is 19.1 Å². The highest BCUT2D eigenvalue weighted by atomic mass is 35.5. The molecule has 0 atom stereocenters. The third-order valence-corrected chi connectivity index (χ3v) is 5.32. The Bertz CT molecular complexity index is 1570. The smallest absolute Gasteiger partial charge is 0.285 e. The van der Waals surface area contributed by atoms with Crippen LogP contribution in [0.1, 0.15) is 11.4 Å². The van der Waals surface area contributed by atoms with Crippen LogP contribution in [-0.4, -0.2) is 26.7 Å². The second-order valence-corrected chi connectivity index (χ2v) is 7.23. The maximum Gasteiger partial charge on any atom is 0.285 e. The number of oxazole rings is 1. The Kier molecular flexibility index (Phi) is 4.27. The zero-order chi connectivity index (χ0) is 21.7. The fourth-order valence-electron chi connectivity index (χ4n) is 3.63. The highest BCUT2D eigenvalue weighted by Crippen LogP contribution is 2.35. The van der Waals surface area contributed by atoms with Gasteiger partial charge in [-0.25, -0.2) is 9.97 Å². The Morgan fingerprint density at radius 2 is 1.94 bits per heavy atom. The Labute approximate surface area is 180 Å². The van der Waals surface area contributed by atoms with Crippen LogP contribution in [0.25, 0.3) is 39.3 Å². The van der Waals surface area contributed by atoms with Crippen molar-refractivity contribution in [3.63, 3.8) is 0 Å². The van der Waals surface area contributed by atoms with Crippen molar-refractivity contribution >= 4 is 28.3 Å². The summed E-state index contributed by atoms with van der Waals surface area (Å²) in [6.45, 7) is 1.70. The summed E-state index contributed by atoms with van der Waals surface area (Å²) in [5, 5.41) is 12.9. The van der Waals surface area contributed by atoms with Gasteiger partial charge in [0.15, 0.2) is 22.5 Å². The molecule has 3 heterocycles. The Morgan fingerprint density at radius 1 is 1.16 bits per heavy atom. The molecule has 0 unspecified atom stereocenters. The van der Waals surface area contributed by atoms with Crippen LogP contribution in [0.5, 0.6) is 5.75 Å². The number of fused-ring (bicyclic) bond motifs is 2. The number of aromatic nitrogens is 4. The summed E-state index contributed by atoms with van der Waals surface area (Å²) in [6.07, 6.45) is 0. The van der Waals surface area contributed by atoms with Gasteiger partial charge in [0.1, 0.15) is 17.3 Å². The molecule has 1 N–H and O–H groups in total. The molecule has 31 heavy (non-hydrogen) atoms. The van der Waals surface area contributed by atoms with Crippen molar-refractivity contribution in [2.75, 3.05) is 7.11 Å². The summed E-state index contributed by atoms with van der Waals surface area (Å²) in [5.41, 5.74) is 2.91. The lowest BCUT2D eigenvalue weighted by molar-refractivity contribution is 0.419. The van der Waals surface area contributed by atoms with Crippen LogP contribution in [0.15, 0.2) is 51.7 Å². The number of nitriles is 1. The Morgan fingerprint density at radius 3 is 2.65 bits per heavy atom. The molecule has 0 aliphatic heterocycles. The molecule has 8 nitrogen and oxygen atoms in total. The summed E-state index contributed by atoms with van der Waals surface area (Å²) in [5.74, 6) is 0.452. The number of aryl methyl sites for hydroxylation is 1. The fraction of sp³-hybridized carbons (Fsp3) is 0.0909. The number of hydrogen-bond donors (Lipinski definition) is 1. The van der Waals surface area contributed by atoms with E-state index in [9.17, 15) is 10.1 Å². The van der Waals surface area contributed by atoms with Gasteiger partial charge in [-0.3, -0.25) is 9.89 Å². The molecule has 152 valence electrons. The third kappa shape index (κ3) is 2.79. The van der Waals surface area contributed by atoms with E-state index in [1.807, 2.05) is 30.3 Å². The van der Waals surface area contributed by atoms with Crippen LogP contribution in [0, 0.1) is 18.3 Å². The average molecular weight is 432 g/mol. The Hall–Kier alpha value is -4.09. The molecule has 0 saturated heterocycles. The minimum Gasteiger partial charge on any atom is -0.493 e. The van der Waals surface area contributed by atoms with Crippen molar-refractivity contribution in [3.8, 4) is 34.4 Å². The lowest BCUT2D eigenvalue weighted by atomic mass is 10.1. The van der Waals surface area contributed by atoms with Gasteiger partial charge in [-0.1, -0.05) is 41.9 Å². The van der Waals surface area contributed by atoms with E-state index < -0.39 is 5.56 Å². The molecule has 0 spiro atoms. The molecule has 5 aromatic rings. The molecule has 0 radical (unpaired) electrons. The SMILES string of the molecule is COc1c(Cl)ccc2oc(-c3c(C)nc4c(-c5ccccc5)c(C#N)[nH]n4c3=O)nc12. The molecule has 0 aliphatic carbocycles. The first-order chi connectivity index (χ1) is 15.0. The maximum absolute atomic E-state index is 13.4. The minimum atomic E-state index is -0.433. The zero-order valence-electron chi connectivity index (χ0n) is 16.4. The summed E-state index contributed by atoms with van der Waals surface area (Å²) in [7, 11) is 1.48. The van der Waals surface area contributed by atoms with Gasteiger partial charge in [-0.2, -0.15) is 9.78 Å². The van der Waals surface area contributed by atoms with E-state index in [1.165, 1.54) is 11.6 Å². The second-order valence-electron chi connectivity index (χ2n) is 6.82. The molecule has 0 bridgehead atoms. The van der Waals surface area contributed by atoms with Crippen molar-refractivity contribution in [2.45, 2.75) is 6.92 Å². The number of halogens is 1. The number of rotatable bonds is 3. The van der Waals surface area contributed by atoms with Crippen LogP contribution < -0.4 is 10.3 Å². The van der Waals surface area contributed by atoms with E-state index in [4.69, 9.17) is 20.8 Å². The molecule has 0 amide bonds. The number of methoxy groups -OCH3 is 1. The van der Waals surface area contributed by atoms with Gasteiger partial charge in [0.25, 0.3) is 5.56 Å². The highest BCUT2D eigenvalue weighted by molar-refractivity contribution is 6.33. The highest BCUT2D eigenvalue weighted by Gasteiger charge is 2.24. The average Bonchev–Trinajstić information content (AvgIpc) is 3.36. The summed E-state index contributed by atoms with van der Waals surface area (Å²) in [4.78, 5) is 22.4. The van der Waals surface area contributed by atoms with Gasteiger partial charge in [0.2, 0.25) is 5.89 Å². The molecule has 2 aromatic carbocycles. The maximum atomic E-state index is 13.4. The number of hydrogen-bond acceptors (Lipinski definition) is 6. The second kappa shape index (κ2) is 7.00. The van der Waals surface area contributed by atoms with Gasteiger partial charge in [-0.15, -0.1) is 0 Å². The third-order valence-electron chi connectivity index (χ3n) is 5.02. The molecule has 9 heteroatoms. The molecule has 3 aromatic heterocycles. The first kappa shape index (κ1) is 18.9. The topological polar surface area (TPSA) is 109 Å². The molecule has 0 saturated carbocycles. The van der Waals surface area contributed by atoms with E-state index in [-0.39, 0.29) is 17.1 Å². The van der Waals surface area contributed by atoms with Crippen molar-refractivity contribution in [1.29, 1.82) is 5.26 Å². The van der Waals surface area contributed by atoms with E-state index >= 15 is 0 Å². The lowest BCUT2D eigenvalue weighted by Gasteiger charge is -2.03. The van der Waals surface area contributed by atoms with E-state index in [2.05, 4.69) is 21.1 Å². The molecular formula is C22H14ClN5O3. The van der Waals surface area contributed by atoms with Gasteiger partial charge < -0.3 is 9.15 Å². The number of nitrogens with one attached hydrogen (secondary N) is 1. The number of benzene rings is 2. The summed E-state index contributed by atoms with van der Waals surface area (Å²) >= 11 is 6.17. The predicted molar refractivity (Wildman–Crippen MR) is 115 cm³/mol. The first-order valence-electron chi connectivity index (χ1n) is 9.27. The quantitative estimate of drug-likeness (QED) is 0.455. The zero-order valence-corrected chi connectivity index (χ0v) is 17.2. The van der Waals surface area contributed by atoms with Crippen LogP contribution in [0.2, 0.25) is 5.02 Å². The van der Waals surface area contributed by atoms with Crippen LogP contribution in [0.3, 0.4) is 0 Å². The predicted octanol–water partition coefficient (Wildman–Crippen LogP) is 4.34. The van der Waals surface area contributed by atoms with Crippen molar-refractivity contribution in [3.05, 3.63) is 69.2 Å². The molecule has 5 rings (SSSR count). The van der Waals surface area contributed by atoms with Crippen LogP contribution in [0.4, 0.5) is 0 Å². The Balaban J connectivity index is 1.80. The van der Waals surface area contributed by atoms with Crippen LogP contribution >= 0.6 is 11.6 Å². The minimum absolute atomic E-state index is 0.0920. The standard InChI is InChI=1S/C22H14ClN5O3/c1-11-16(21-26-18-15(31-21)9-8-13(23)19(18)30-2)22(29)28-20(25-11)17(14(10-24)27-28)12-6-4-3-5-7-12/h3-9,27H,1-2H3. The van der Waals surface area contributed by atoms with Crippen molar-refractivity contribution in [2.24, 2.45) is 0 Å². The fourth-order valence-corrected chi connectivity index (χ4v) is 3.86. The normalized spacial score (nSPS) is 11.2. The number of aromatic amines is 1. The number of H-pyrrole nitrogens is 1. The summed E-state index contributed by atoms with van der Waals surface area (Å²) < 4.78 is 12.4. The largest absolute Gasteiger partial charge is 0.493 e. The summed E-state index contributed by atoms with van der Waals surface area (Å²) in [6, 6.07) is 14.7. The van der Waals surface area contributed by atoms with Crippen LogP contribution in [-0.2, 0) is 0 Å². The number of nitrogens with zero attached hydrogens (tertiary/aromatic N) is 4. The van der Waals surface area contributed by atoms with Gasteiger partial charge in [0.05, 0.1) is 23.4 Å². The lowest BCUT2D eigenvalue weighted by Crippen LogP contribution is -2.19. The monoisotopic (exact) mass is 431 g/mol. The van der Waals surface area contributed by atoms with E-state index in [0.717, 1.165) is 5.56 Å². The molecular weight excluding hydrogens is 418 g/mol. The van der Waals surface area contributed by atoms with E-state index in [0.29, 0.717) is 38.8 Å². The molecule has 0 fully saturated rings. The molecule has 0 aliphatic rings. The van der Waals surface area contributed by atoms with Crippen molar-refractivity contribution in [1.82, 2.24) is 19.6 Å². The number of ether oxygens (including phenoxy) is 1. The van der Waals surface area contributed by atoms with Gasteiger partial charge in [-0.05, 0) is 24.6 Å².